The number of amides is 1. The van der Waals surface area contributed by atoms with Crippen molar-refractivity contribution < 1.29 is 34.7 Å². The standard InChI is InChI=1S/C10H17NO7/c12-3-5-7(14)8(15)9(16)10(18-5)17-4-1-6(13)11-2-4/h4-5,7-10,12,14-16H,1-3H2,(H,11,13)/t4-,5+,7+,8-,9-,10-/m0/s1. The Balaban J connectivity index is 1.96. The Kier molecular flexibility index (Phi) is 4.15. The molecule has 1 amide bonds. The lowest BCUT2D eigenvalue weighted by atomic mass is 9.99. The maximum atomic E-state index is 11.0. The van der Waals surface area contributed by atoms with E-state index in [1.165, 1.54) is 0 Å². The summed E-state index contributed by atoms with van der Waals surface area (Å²) in [7, 11) is 0. The van der Waals surface area contributed by atoms with Gasteiger partial charge in [-0.05, 0) is 0 Å². The van der Waals surface area contributed by atoms with Crippen molar-refractivity contribution >= 4 is 5.91 Å². The Labute approximate surface area is 103 Å². The van der Waals surface area contributed by atoms with Gasteiger partial charge in [-0.2, -0.15) is 0 Å². The lowest BCUT2D eigenvalue weighted by Gasteiger charge is -2.40. The fourth-order valence-corrected chi connectivity index (χ4v) is 2.04. The quantitative estimate of drug-likeness (QED) is 0.360. The largest absolute Gasteiger partial charge is 0.394 e. The first-order valence-corrected chi connectivity index (χ1v) is 5.75. The molecule has 2 heterocycles. The van der Waals surface area contributed by atoms with Gasteiger partial charge in [0.1, 0.15) is 24.4 Å². The van der Waals surface area contributed by atoms with E-state index >= 15 is 0 Å². The van der Waals surface area contributed by atoms with Crippen molar-refractivity contribution in [3.63, 3.8) is 0 Å². The van der Waals surface area contributed by atoms with Crippen LogP contribution in [0.15, 0.2) is 0 Å². The SMILES string of the molecule is O=C1C[C@H](O[C@H]2O[C@H](CO)[C@@H](O)[C@H](O)[C@@H]2O)CN1. The van der Waals surface area contributed by atoms with Crippen LogP contribution in [0.5, 0.6) is 0 Å². The average molecular weight is 263 g/mol. The predicted molar refractivity (Wildman–Crippen MR) is 56.3 cm³/mol. The van der Waals surface area contributed by atoms with Crippen LogP contribution in [0.3, 0.4) is 0 Å². The van der Waals surface area contributed by atoms with Gasteiger partial charge in [-0.15, -0.1) is 0 Å². The molecule has 104 valence electrons. The second-order valence-corrected chi connectivity index (χ2v) is 4.46. The summed E-state index contributed by atoms with van der Waals surface area (Å²) in [4.78, 5) is 11.0. The third-order valence-corrected chi connectivity index (χ3v) is 3.11. The third kappa shape index (κ3) is 2.63. The molecule has 2 fully saturated rings. The van der Waals surface area contributed by atoms with Crippen molar-refractivity contribution in [3.8, 4) is 0 Å². The molecule has 2 saturated heterocycles. The first kappa shape index (κ1) is 13.7. The Bertz CT molecular complexity index is 311. The zero-order valence-electron chi connectivity index (χ0n) is 9.60. The van der Waals surface area contributed by atoms with Gasteiger partial charge in [0.2, 0.25) is 5.91 Å². The van der Waals surface area contributed by atoms with E-state index in [-0.39, 0.29) is 12.3 Å². The molecule has 2 rings (SSSR count). The van der Waals surface area contributed by atoms with E-state index in [2.05, 4.69) is 5.32 Å². The zero-order chi connectivity index (χ0) is 13.3. The van der Waals surface area contributed by atoms with E-state index in [1.54, 1.807) is 0 Å². The molecule has 0 aromatic rings. The lowest BCUT2D eigenvalue weighted by Crippen LogP contribution is -2.59. The minimum Gasteiger partial charge on any atom is -0.394 e. The Morgan fingerprint density at radius 2 is 2.00 bits per heavy atom. The summed E-state index contributed by atoms with van der Waals surface area (Å²) in [5, 5.41) is 40.3. The fraction of sp³-hybridized carbons (Fsp3) is 0.900. The van der Waals surface area contributed by atoms with E-state index < -0.39 is 43.4 Å². The molecular weight excluding hydrogens is 246 g/mol. The molecule has 5 N–H and O–H groups in total. The van der Waals surface area contributed by atoms with Gasteiger partial charge in [0, 0.05) is 6.54 Å². The molecule has 6 atom stereocenters. The van der Waals surface area contributed by atoms with Crippen LogP contribution in [-0.2, 0) is 14.3 Å². The van der Waals surface area contributed by atoms with Crippen LogP contribution >= 0.6 is 0 Å². The molecule has 0 unspecified atom stereocenters. The first-order chi connectivity index (χ1) is 8.52. The molecule has 0 spiro atoms. The molecule has 0 radical (unpaired) electrons. The highest BCUT2D eigenvalue weighted by molar-refractivity contribution is 5.78. The van der Waals surface area contributed by atoms with E-state index in [0.29, 0.717) is 6.54 Å². The summed E-state index contributed by atoms with van der Waals surface area (Å²) in [6, 6.07) is 0. The zero-order valence-corrected chi connectivity index (χ0v) is 9.60. The molecule has 0 aromatic heterocycles. The highest BCUT2D eigenvalue weighted by Crippen LogP contribution is 2.23. The number of ether oxygens (including phenoxy) is 2. The van der Waals surface area contributed by atoms with Gasteiger partial charge in [0.15, 0.2) is 6.29 Å². The van der Waals surface area contributed by atoms with Gasteiger partial charge >= 0.3 is 0 Å². The van der Waals surface area contributed by atoms with E-state index in [1.807, 2.05) is 0 Å². The maximum Gasteiger partial charge on any atom is 0.222 e. The van der Waals surface area contributed by atoms with Crippen molar-refractivity contribution in [1.82, 2.24) is 5.32 Å². The first-order valence-electron chi connectivity index (χ1n) is 5.75. The molecule has 0 aromatic carbocycles. The third-order valence-electron chi connectivity index (χ3n) is 3.11. The smallest absolute Gasteiger partial charge is 0.222 e. The van der Waals surface area contributed by atoms with Crippen molar-refractivity contribution in [2.24, 2.45) is 0 Å². The van der Waals surface area contributed by atoms with Gasteiger partial charge in [0.05, 0.1) is 19.1 Å². The topological polar surface area (TPSA) is 128 Å². The summed E-state index contributed by atoms with van der Waals surface area (Å²) >= 11 is 0. The van der Waals surface area contributed by atoms with E-state index in [4.69, 9.17) is 14.6 Å². The molecule has 18 heavy (non-hydrogen) atoms. The van der Waals surface area contributed by atoms with Crippen LogP contribution in [0, 0.1) is 0 Å². The van der Waals surface area contributed by atoms with Crippen molar-refractivity contribution in [2.75, 3.05) is 13.2 Å². The lowest BCUT2D eigenvalue weighted by molar-refractivity contribution is -0.309. The number of carbonyl (C=O) groups is 1. The molecular formula is C10H17NO7. The monoisotopic (exact) mass is 263 g/mol. The predicted octanol–water partition coefficient (Wildman–Crippen LogP) is -3.31. The highest BCUT2D eigenvalue weighted by atomic mass is 16.7. The van der Waals surface area contributed by atoms with Crippen molar-refractivity contribution in [2.45, 2.75) is 43.2 Å². The molecule has 0 saturated carbocycles. The second kappa shape index (κ2) is 5.47. The van der Waals surface area contributed by atoms with Crippen LogP contribution in [0.1, 0.15) is 6.42 Å². The number of hydrogen-bond acceptors (Lipinski definition) is 7. The van der Waals surface area contributed by atoms with Crippen LogP contribution < -0.4 is 5.32 Å². The van der Waals surface area contributed by atoms with Crippen LogP contribution in [0.2, 0.25) is 0 Å². The minimum atomic E-state index is -1.47. The average Bonchev–Trinajstić information content (AvgIpc) is 2.75. The van der Waals surface area contributed by atoms with Crippen LogP contribution in [0.4, 0.5) is 0 Å². The van der Waals surface area contributed by atoms with Crippen molar-refractivity contribution in [1.29, 1.82) is 0 Å². The van der Waals surface area contributed by atoms with Crippen molar-refractivity contribution in [3.05, 3.63) is 0 Å². The highest BCUT2D eigenvalue weighted by Gasteiger charge is 2.45. The number of aliphatic hydroxyl groups excluding tert-OH is 4. The molecule has 8 nitrogen and oxygen atoms in total. The normalized spacial score (nSPS) is 45.0. The molecule has 0 bridgehead atoms. The molecule has 0 aliphatic carbocycles. The maximum absolute atomic E-state index is 11.0. The molecule has 2 aliphatic rings. The van der Waals surface area contributed by atoms with Crippen LogP contribution in [0.25, 0.3) is 0 Å². The number of carbonyl (C=O) groups excluding carboxylic acids is 1. The molecule has 8 heteroatoms. The van der Waals surface area contributed by atoms with Crippen LogP contribution in [-0.4, -0.2) is 76.3 Å². The Hall–Kier alpha value is -0.770. The fourth-order valence-electron chi connectivity index (χ4n) is 2.04. The van der Waals surface area contributed by atoms with Gasteiger partial charge in [-0.25, -0.2) is 0 Å². The summed E-state index contributed by atoms with van der Waals surface area (Å²) in [5.41, 5.74) is 0. The summed E-state index contributed by atoms with van der Waals surface area (Å²) in [5.74, 6) is -0.162. The number of aliphatic hydroxyl groups is 4. The minimum absolute atomic E-state index is 0.148. The van der Waals surface area contributed by atoms with E-state index in [9.17, 15) is 20.1 Å². The summed E-state index contributed by atoms with van der Waals surface area (Å²) in [6.07, 6.45) is -6.80. The Morgan fingerprint density at radius 1 is 1.28 bits per heavy atom. The number of rotatable bonds is 3. The van der Waals surface area contributed by atoms with Gasteiger partial charge < -0.3 is 35.2 Å². The van der Waals surface area contributed by atoms with E-state index in [0.717, 1.165) is 0 Å². The molecule has 2 aliphatic heterocycles. The summed E-state index contributed by atoms with van der Waals surface area (Å²) in [6.45, 7) is -0.208. The summed E-state index contributed by atoms with van der Waals surface area (Å²) < 4.78 is 10.5. The van der Waals surface area contributed by atoms with Gasteiger partial charge in [0.25, 0.3) is 0 Å². The number of hydrogen-bond donors (Lipinski definition) is 5. The van der Waals surface area contributed by atoms with Gasteiger partial charge in [-0.1, -0.05) is 0 Å². The second-order valence-electron chi connectivity index (χ2n) is 4.46. The Morgan fingerprint density at radius 3 is 2.56 bits per heavy atom. The number of nitrogens with one attached hydrogen (secondary N) is 1. The van der Waals surface area contributed by atoms with Gasteiger partial charge in [-0.3, -0.25) is 4.79 Å².